The fraction of sp³-hybridized carbons (Fsp3) is 0.308. The SMILES string of the molecule is Cc1cc(C)nc(SCc2cccnc2CN)n1. The van der Waals surface area contributed by atoms with Crippen molar-refractivity contribution >= 4 is 11.8 Å². The first-order valence-electron chi connectivity index (χ1n) is 5.77. The first kappa shape index (κ1) is 13.0. The van der Waals surface area contributed by atoms with Gasteiger partial charge in [0, 0.05) is 29.9 Å². The molecule has 5 heteroatoms. The van der Waals surface area contributed by atoms with Gasteiger partial charge in [-0.2, -0.15) is 0 Å². The minimum absolute atomic E-state index is 0.463. The summed E-state index contributed by atoms with van der Waals surface area (Å²) in [5.41, 5.74) is 9.74. The molecule has 0 radical (unpaired) electrons. The largest absolute Gasteiger partial charge is 0.325 e. The van der Waals surface area contributed by atoms with E-state index in [-0.39, 0.29) is 0 Å². The lowest BCUT2D eigenvalue weighted by Crippen LogP contribution is -2.03. The van der Waals surface area contributed by atoms with E-state index in [0.29, 0.717) is 6.54 Å². The summed E-state index contributed by atoms with van der Waals surface area (Å²) in [7, 11) is 0. The Morgan fingerprint density at radius 3 is 2.61 bits per heavy atom. The molecular weight excluding hydrogens is 244 g/mol. The van der Waals surface area contributed by atoms with Crippen LogP contribution in [0.5, 0.6) is 0 Å². The summed E-state index contributed by atoms with van der Waals surface area (Å²) >= 11 is 1.61. The van der Waals surface area contributed by atoms with Crippen LogP contribution in [0, 0.1) is 13.8 Å². The van der Waals surface area contributed by atoms with Gasteiger partial charge >= 0.3 is 0 Å². The molecule has 0 aromatic carbocycles. The van der Waals surface area contributed by atoms with Crippen LogP contribution in [0.4, 0.5) is 0 Å². The molecule has 2 aromatic rings. The molecule has 0 amide bonds. The molecule has 0 unspecified atom stereocenters. The molecule has 2 rings (SSSR count). The minimum Gasteiger partial charge on any atom is -0.325 e. The van der Waals surface area contributed by atoms with Crippen molar-refractivity contribution in [3.05, 3.63) is 47.0 Å². The highest BCUT2D eigenvalue weighted by Gasteiger charge is 2.05. The van der Waals surface area contributed by atoms with Crippen molar-refractivity contribution in [3.63, 3.8) is 0 Å². The molecule has 0 bridgehead atoms. The molecule has 0 saturated carbocycles. The van der Waals surface area contributed by atoms with Gasteiger partial charge in [-0.25, -0.2) is 9.97 Å². The summed E-state index contributed by atoms with van der Waals surface area (Å²) in [5.74, 6) is 0.795. The molecule has 0 atom stereocenters. The number of nitrogens with two attached hydrogens (primary N) is 1. The van der Waals surface area contributed by atoms with E-state index in [0.717, 1.165) is 33.6 Å². The molecular formula is C13H16N4S. The smallest absolute Gasteiger partial charge is 0.188 e. The molecule has 2 N–H and O–H groups in total. The fourth-order valence-corrected chi connectivity index (χ4v) is 2.65. The summed E-state index contributed by atoms with van der Waals surface area (Å²) < 4.78 is 0. The van der Waals surface area contributed by atoms with Crippen LogP contribution < -0.4 is 5.73 Å². The van der Waals surface area contributed by atoms with E-state index in [1.165, 1.54) is 0 Å². The Labute approximate surface area is 111 Å². The van der Waals surface area contributed by atoms with Crippen LogP contribution in [0.1, 0.15) is 22.6 Å². The fourth-order valence-electron chi connectivity index (χ4n) is 1.69. The standard InChI is InChI=1S/C13H16N4S/c1-9-6-10(2)17-13(16-9)18-8-11-4-3-5-15-12(11)7-14/h3-6H,7-8,14H2,1-2H3. The second kappa shape index (κ2) is 5.93. The van der Waals surface area contributed by atoms with Gasteiger partial charge in [-0.3, -0.25) is 4.98 Å². The Kier molecular flexibility index (Phi) is 4.28. The molecule has 2 aromatic heterocycles. The second-order valence-corrected chi connectivity index (χ2v) is 4.98. The molecule has 2 heterocycles. The molecule has 18 heavy (non-hydrogen) atoms. The third-order valence-corrected chi connectivity index (χ3v) is 3.39. The highest BCUT2D eigenvalue weighted by molar-refractivity contribution is 7.98. The van der Waals surface area contributed by atoms with Crippen LogP contribution in [0.15, 0.2) is 29.6 Å². The maximum atomic E-state index is 5.66. The van der Waals surface area contributed by atoms with E-state index in [1.54, 1.807) is 18.0 Å². The van der Waals surface area contributed by atoms with Crippen molar-refractivity contribution < 1.29 is 0 Å². The number of aromatic nitrogens is 3. The van der Waals surface area contributed by atoms with Gasteiger partial charge in [0.1, 0.15) is 0 Å². The Morgan fingerprint density at radius 1 is 1.22 bits per heavy atom. The van der Waals surface area contributed by atoms with Gasteiger partial charge in [-0.05, 0) is 31.5 Å². The van der Waals surface area contributed by atoms with E-state index in [4.69, 9.17) is 5.73 Å². The first-order valence-corrected chi connectivity index (χ1v) is 6.75. The van der Waals surface area contributed by atoms with Crippen LogP contribution >= 0.6 is 11.8 Å². The van der Waals surface area contributed by atoms with E-state index < -0.39 is 0 Å². The lowest BCUT2D eigenvalue weighted by atomic mass is 10.2. The molecule has 0 aliphatic carbocycles. The number of hydrogen-bond donors (Lipinski definition) is 1. The van der Waals surface area contributed by atoms with Gasteiger partial charge in [-0.15, -0.1) is 0 Å². The quantitative estimate of drug-likeness (QED) is 0.674. The van der Waals surface area contributed by atoms with Crippen molar-refractivity contribution in [1.82, 2.24) is 15.0 Å². The van der Waals surface area contributed by atoms with Crippen LogP contribution in [-0.2, 0) is 12.3 Å². The minimum atomic E-state index is 0.463. The molecule has 0 fully saturated rings. The van der Waals surface area contributed by atoms with Crippen LogP contribution in [0.3, 0.4) is 0 Å². The highest BCUT2D eigenvalue weighted by atomic mass is 32.2. The Bertz CT molecular complexity index is 522. The summed E-state index contributed by atoms with van der Waals surface area (Å²) in [5, 5.41) is 0.805. The Balaban J connectivity index is 2.11. The van der Waals surface area contributed by atoms with Crippen LogP contribution in [0.2, 0.25) is 0 Å². The second-order valence-electron chi connectivity index (χ2n) is 4.04. The molecule has 0 aliphatic rings. The van der Waals surface area contributed by atoms with E-state index in [9.17, 15) is 0 Å². The zero-order valence-corrected chi connectivity index (χ0v) is 11.4. The van der Waals surface area contributed by atoms with Crippen LogP contribution in [-0.4, -0.2) is 15.0 Å². The van der Waals surface area contributed by atoms with Gasteiger partial charge in [0.15, 0.2) is 5.16 Å². The number of aryl methyl sites for hydroxylation is 2. The van der Waals surface area contributed by atoms with E-state index in [2.05, 4.69) is 15.0 Å². The lowest BCUT2D eigenvalue weighted by molar-refractivity contribution is 0.900. The topological polar surface area (TPSA) is 64.7 Å². The van der Waals surface area contributed by atoms with Crippen molar-refractivity contribution in [2.75, 3.05) is 0 Å². The van der Waals surface area contributed by atoms with Crippen LogP contribution in [0.25, 0.3) is 0 Å². The van der Waals surface area contributed by atoms with Crippen molar-refractivity contribution in [1.29, 1.82) is 0 Å². The predicted molar refractivity (Wildman–Crippen MR) is 73.2 cm³/mol. The monoisotopic (exact) mass is 260 g/mol. The van der Waals surface area contributed by atoms with Gasteiger partial charge < -0.3 is 5.73 Å². The maximum Gasteiger partial charge on any atom is 0.188 e. The Hall–Kier alpha value is -1.46. The van der Waals surface area contributed by atoms with Crippen molar-refractivity contribution in [2.45, 2.75) is 31.3 Å². The number of hydrogen-bond acceptors (Lipinski definition) is 5. The van der Waals surface area contributed by atoms with Gasteiger partial charge in [-0.1, -0.05) is 17.8 Å². The maximum absolute atomic E-state index is 5.66. The zero-order chi connectivity index (χ0) is 13.0. The zero-order valence-electron chi connectivity index (χ0n) is 10.6. The predicted octanol–water partition coefficient (Wildman–Crippen LogP) is 2.24. The molecule has 94 valence electrons. The molecule has 0 saturated heterocycles. The van der Waals surface area contributed by atoms with Crippen molar-refractivity contribution in [3.8, 4) is 0 Å². The van der Waals surface area contributed by atoms with E-state index >= 15 is 0 Å². The normalized spacial score (nSPS) is 10.6. The number of nitrogens with zero attached hydrogens (tertiary/aromatic N) is 3. The summed E-state index contributed by atoms with van der Waals surface area (Å²) in [6.45, 7) is 4.42. The van der Waals surface area contributed by atoms with Gasteiger partial charge in [0.25, 0.3) is 0 Å². The summed E-state index contributed by atoms with van der Waals surface area (Å²) in [6, 6.07) is 5.95. The summed E-state index contributed by atoms with van der Waals surface area (Å²) in [6.07, 6.45) is 1.77. The van der Waals surface area contributed by atoms with Gasteiger partial charge in [0.05, 0.1) is 5.69 Å². The Morgan fingerprint density at radius 2 is 1.94 bits per heavy atom. The van der Waals surface area contributed by atoms with Crippen molar-refractivity contribution in [2.24, 2.45) is 5.73 Å². The average molecular weight is 260 g/mol. The number of rotatable bonds is 4. The van der Waals surface area contributed by atoms with Gasteiger partial charge in [0.2, 0.25) is 0 Å². The third kappa shape index (κ3) is 3.27. The lowest BCUT2D eigenvalue weighted by Gasteiger charge is -2.06. The number of pyridine rings is 1. The van der Waals surface area contributed by atoms with E-state index in [1.807, 2.05) is 32.0 Å². The molecule has 0 aliphatic heterocycles. The number of thioether (sulfide) groups is 1. The average Bonchev–Trinajstić information content (AvgIpc) is 2.35. The third-order valence-electron chi connectivity index (χ3n) is 2.50. The molecule has 4 nitrogen and oxygen atoms in total. The summed E-state index contributed by atoms with van der Waals surface area (Å²) in [4.78, 5) is 13.1. The first-order chi connectivity index (χ1) is 8.69. The molecule has 0 spiro atoms. The highest BCUT2D eigenvalue weighted by Crippen LogP contribution is 2.21.